The SMILES string of the molecule is CCCNC(CC)c1cccc(Oc2cccnc2C)c1. The van der Waals surface area contributed by atoms with Crippen LogP contribution in [0, 0.1) is 6.92 Å². The van der Waals surface area contributed by atoms with Crippen LogP contribution in [-0.2, 0) is 0 Å². The summed E-state index contributed by atoms with van der Waals surface area (Å²) >= 11 is 0. The first-order valence-electron chi connectivity index (χ1n) is 7.67. The summed E-state index contributed by atoms with van der Waals surface area (Å²) in [6.07, 6.45) is 3.98. The van der Waals surface area contributed by atoms with Gasteiger partial charge in [-0.25, -0.2) is 0 Å². The number of hydrogen-bond acceptors (Lipinski definition) is 3. The number of benzene rings is 1. The topological polar surface area (TPSA) is 34.1 Å². The molecule has 1 N–H and O–H groups in total. The minimum atomic E-state index is 0.378. The maximum absolute atomic E-state index is 5.96. The second-order valence-electron chi connectivity index (χ2n) is 5.18. The van der Waals surface area contributed by atoms with Crippen LogP contribution in [-0.4, -0.2) is 11.5 Å². The molecule has 0 saturated carbocycles. The highest BCUT2D eigenvalue weighted by Crippen LogP contribution is 2.27. The summed E-state index contributed by atoms with van der Waals surface area (Å²) in [6, 6.07) is 12.5. The Morgan fingerprint density at radius 3 is 2.76 bits per heavy atom. The number of ether oxygens (including phenoxy) is 1. The van der Waals surface area contributed by atoms with Gasteiger partial charge in [-0.3, -0.25) is 4.98 Å². The van der Waals surface area contributed by atoms with E-state index in [0.29, 0.717) is 6.04 Å². The number of nitrogens with one attached hydrogen (secondary N) is 1. The van der Waals surface area contributed by atoms with Crippen LogP contribution in [0.5, 0.6) is 11.5 Å². The molecule has 0 fully saturated rings. The smallest absolute Gasteiger partial charge is 0.148 e. The van der Waals surface area contributed by atoms with E-state index in [1.54, 1.807) is 6.20 Å². The molecule has 112 valence electrons. The van der Waals surface area contributed by atoms with E-state index in [0.717, 1.165) is 36.6 Å². The van der Waals surface area contributed by atoms with E-state index in [4.69, 9.17) is 4.74 Å². The van der Waals surface area contributed by atoms with Gasteiger partial charge in [0, 0.05) is 12.2 Å². The maximum atomic E-state index is 5.96. The quantitative estimate of drug-likeness (QED) is 0.804. The average Bonchev–Trinajstić information content (AvgIpc) is 2.51. The molecule has 3 nitrogen and oxygen atoms in total. The summed E-state index contributed by atoms with van der Waals surface area (Å²) in [4.78, 5) is 4.25. The molecular formula is C18H24N2O. The van der Waals surface area contributed by atoms with Crippen LogP contribution in [0.2, 0.25) is 0 Å². The Morgan fingerprint density at radius 1 is 1.19 bits per heavy atom. The highest BCUT2D eigenvalue weighted by Gasteiger charge is 2.09. The molecule has 2 rings (SSSR count). The lowest BCUT2D eigenvalue weighted by Gasteiger charge is -2.18. The van der Waals surface area contributed by atoms with Crippen LogP contribution in [0.1, 0.15) is 44.0 Å². The van der Waals surface area contributed by atoms with E-state index >= 15 is 0 Å². The van der Waals surface area contributed by atoms with Crippen molar-refractivity contribution in [3.63, 3.8) is 0 Å². The van der Waals surface area contributed by atoms with Gasteiger partial charge in [0.05, 0.1) is 5.69 Å². The largest absolute Gasteiger partial charge is 0.455 e. The number of rotatable bonds is 7. The Bertz CT molecular complexity index is 569. The molecule has 0 aliphatic carbocycles. The fraction of sp³-hybridized carbons (Fsp3) is 0.389. The van der Waals surface area contributed by atoms with E-state index in [1.807, 2.05) is 31.2 Å². The van der Waals surface area contributed by atoms with E-state index < -0.39 is 0 Å². The molecule has 0 aliphatic heterocycles. The van der Waals surface area contributed by atoms with Crippen molar-refractivity contribution >= 4 is 0 Å². The van der Waals surface area contributed by atoms with Crippen molar-refractivity contribution in [1.29, 1.82) is 0 Å². The molecule has 0 saturated heterocycles. The zero-order chi connectivity index (χ0) is 15.1. The highest BCUT2D eigenvalue weighted by molar-refractivity contribution is 5.36. The first-order valence-corrected chi connectivity index (χ1v) is 7.67. The molecule has 3 heteroatoms. The zero-order valence-corrected chi connectivity index (χ0v) is 13.1. The molecule has 1 atom stereocenters. The van der Waals surface area contributed by atoms with Crippen molar-refractivity contribution in [2.24, 2.45) is 0 Å². The third kappa shape index (κ3) is 4.30. The Balaban J connectivity index is 2.15. The number of hydrogen-bond donors (Lipinski definition) is 1. The van der Waals surface area contributed by atoms with Gasteiger partial charge in [-0.15, -0.1) is 0 Å². The first-order chi connectivity index (χ1) is 10.2. The summed E-state index contributed by atoms with van der Waals surface area (Å²) in [5, 5.41) is 3.57. The molecular weight excluding hydrogens is 260 g/mol. The number of pyridine rings is 1. The Kier molecular flexibility index (Phi) is 5.76. The molecule has 0 amide bonds. The Hall–Kier alpha value is -1.87. The van der Waals surface area contributed by atoms with Crippen LogP contribution in [0.25, 0.3) is 0 Å². The predicted molar refractivity (Wildman–Crippen MR) is 86.8 cm³/mol. The fourth-order valence-corrected chi connectivity index (χ4v) is 2.32. The summed E-state index contributed by atoms with van der Waals surface area (Å²) in [5.74, 6) is 1.67. The van der Waals surface area contributed by atoms with Crippen molar-refractivity contribution in [2.75, 3.05) is 6.54 Å². The number of aryl methyl sites for hydroxylation is 1. The summed E-state index contributed by atoms with van der Waals surface area (Å²) in [5.41, 5.74) is 2.17. The van der Waals surface area contributed by atoms with Crippen LogP contribution in [0.4, 0.5) is 0 Å². The van der Waals surface area contributed by atoms with Gasteiger partial charge in [0.25, 0.3) is 0 Å². The van der Waals surface area contributed by atoms with Crippen LogP contribution < -0.4 is 10.1 Å². The molecule has 1 aromatic heterocycles. The van der Waals surface area contributed by atoms with E-state index in [9.17, 15) is 0 Å². The molecule has 1 heterocycles. The Labute approximate surface area is 127 Å². The van der Waals surface area contributed by atoms with Gasteiger partial charge in [0.15, 0.2) is 0 Å². The predicted octanol–water partition coefficient (Wildman–Crippen LogP) is 4.63. The summed E-state index contributed by atoms with van der Waals surface area (Å²) in [6.45, 7) is 7.37. The average molecular weight is 284 g/mol. The normalized spacial score (nSPS) is 12.1. The minimum absolute atomic E-state index is 0.378. The number of nitrogens with zero attached hydrogens (tertiary/aromatic N) is 1. The van der Waals surface area contributed by atoms with Crippen molar-refractivity contribution in [2.45, 2.75) is 39.7 Å². The van der Waals surface area contributed by atoms with E-state index in [-0.39, 0.29) is 0 Å². The first kappa shape index (κ1) is 15.5. The van der Waals surface area contributed by atoms with E-state index in [2.05, 4.69) is 36.3 Å². The fourth-order valence-electron chi connectivity index (χ4n) is 2.32. The monoisotopic (exact) mass is 284 g/mol. The van der Waals surface area contributed by atoms with Gasteiger partial charge < -0.3 is 10.1 Å². The summed E-state index contributed by atoms with van der Waals surface area (Å²) < 4.78 is 5.96. The molecule has 0 radical (unpaired) electrons. The standard InChI is InChI=1S/C18H24N2O/c1-4-11-20-17(5-2)15-8-6-9-16(13-15)21-18-10-7-12-19-14(18)3/h6-10,12-13,17,20H,4-5,11H2,1-3H3. The molecule has 0 bridgehead atoms. The van der Waals surface area contributed by atoms with Gasteiger partial charge in [-0.2, -0.15) is 0 Å². The van der Waals surface area contributed by atoms with Crippen molar-refractivity contribution < 1.29 is 4.74 Å². The van der Waals surface area contributed by atoms with Gasteiger partial charge in [0.1, 0.15) is 11.5 Å². The van der Waals surface area contributed by atoms with Crippen LogP contribution >= 0.6 is 0 Å². The van der Waals surface area contributed by atoms with Crippen molar-refractivity contribution in [1.82, 2.24) is 10.3 Å². The lowest BCUT2D eigenvalue weighted by molar-refractivity contribution is 0.470. The minimum Gasteiger partial charge on any atom is -0.455 e. The van der Waals surface area contributed by atoms with Crippen LogP contribution in [0.3, 0.4) is 0 Å². The summed E-state index contributed by atoms with van der Waals surface area (Å²) in [7, 11) is 0. The molecule has 2 aromatic rings. The lowest BCUT2D eigenvalue weighted by atomic mass is 10.0. The third-order valence-corrected chi connectivity index (χ3v) is 3.50. The van der Waals surface area contributed by atoms with Crippen molar-refractivity contribution in [3.8, 4) is 11.5 Å². The van der Waals surface area contributed by atoms with E-state index in [1.165, 1.54) is 5.56 Å². The Morgan fingerprint density at radius 2 is 2.05 bits per heavy atom. The molecule has 1 aromatic carbocycles. The zero-order valence-electron chi connectivity index (χ0n) is 13.1. The number of aromatic nitrogens is 1. The lowest BCUT2D eigenvalue weighted by Crippen LogP contribution is -2.21. The molecule has 21 heavy (non-hydrogen) atoms. The van der Waals surface area contributed by atoms with Gasteiger partial charge in [-0.05, 0) is 56.1 Å². The third-order valence-electron chi connectivity index (χ3n) is 3.50. The molecule has 1 unspecified atom stereocenters. The van der Waals surface area contributed by atoms with Crippen LogP contribution in [0.15, 0.2) is 42.6 Å². The molecule has 0 spiro atoms. The van der Waals surface area contributed by atoms with Gasteiger partial charge >= 0.3 is 0 Å². The second kappa shape index (κ2) is 7.79. The van der Waals surface area contributed by atoms with Gasteiger partial charge in [-0.1, -0.05) is 26.0 Å². The maximum Gasteiger partial charge on any atom is 0.148 e. The van der Waals surface area contributed by atoms with Gasteiger partial charge in [0.2, 0.25) is 0 Å². The molecule has 0 aliphatic rings. The van der Waals surface area contributed by atoms with Crippen molar-refractivity contribution in [3.05, 3.63) is 53.9 Å². The second-order valence-corrected chi connectivity index (χ2v) is 5.18. The highest BCUT2D eigenvalue weighted by atomic mass is 16.5.